The molecular weight excluding hydrogens is 339 g/mol. The van der Waals surface area contributed by atoms with Crippen molar-refractivity contribution in [1.82, 2.24) is 19.6 Å². The molecule has 2 aliphatic heterocycles. The summed E-state index contributed by atoms with van der Waals surface area (Å²) < 4.78 is 14.1. The second-order valence-corrected chi connectivity index (χ2v) is 7.29. The average molecular weight is 357 g/mol. The molecular formula is C14H18ClN4O3P. The topological polar surface area (TPSA) is 83.5 Å². The molecule has 5 atom stereocenters. The lowest BCUT2D eigenvalue weighted by Crippen LogP contribution is -2.36. The number of aliphatic hydroxyl groups excluding tert-OH is 1. The minimum atomic E-state index is -0.675. The largest absolute Gasteiger partial charge is 0.395 e. The number of nitrogens with one attached hydrogen (secondary N) is 1. The van der Waals surface area contributed by atoms with Gasteiger partial charge in [-0.1, -0.05) is 21.0 Å². The van der Waals surface area contributed by atoms with E-state index in [0.29, 0.717) is 10.7 Å². The molecule has 124 valence electrons. The van der Waals surface area contributed by atoms with E-state index in [4.69, 9.17) is 21.1 Å². The number of hydrogen-bond acceptors (Lipinski definition) is 6. The number of halogens is 1. The molecule has 2 N–H and O–H groups in total. The van der Waals surface area contributed by atoms with Crippen LogP contribution in [0.3, 0.4) is 0 Å². The highest BCUT2D eigenvalue weighted by Crippen LogP contribution is 2.49. The first kappa shape index (κ1) is 15.7. The molecule has 0 saturated carbocycles. The highest BCUT2D eigenvalue weighted by molar-refractivity contribution is 7.13. The number of aliphatic hydroxyl groups is 1. The van der Waals surface area contributed by atoms with Crippen molar-refractivity contribution in [2.45, 2.75) is 43.9 Å². The van der Waals surface area contributed by atoms with E-state index in [9.17, 15) is 5.11 Å². The van der Waals surface area contributed by atoms with E-state index in [0.717, 1.165) is 11.1 Å². The van der Waals surface area contributed by atoms with Gasteiger partial charge < -0.3 is 19.6 Å². The SMILES string of the molecule is CC1(C)OC2[C@H](O1)[C@@H](CO)N(P)[C@H]2c1c[nH]c2c(Cl)ncnc12. The third-order valence-corrected chi connectivity index (χ3v) is 5.50. The maximum atomic E-state index is 9.78. The Balaban J connectivity index is 1.81. The van der Waals surface area contributed by atoms with Crippen molar-refractivity contribution in [3.63, 3.8) is 0 Å². The molecule has 4 rings (SSSR count). The van der Waals surface area contributed by atoms with Crippen LogP contribution >= 0.6 is 21.0 Å². The molecule has 0 spiro atoms. The second kappa shape index (κ2) is 5.34. The normalized spacial score (nSPS) is 33.4. The summed E-state index contributed by atoms with van der Waals surface area (Å²) in [6.07, 6.45) is 2.91. The van der Waals surface area contributed by atoms with Crippen LogP contribution in [0.25, 0.3) is 11.0 Å². The molecule has 2 saturated heterocycles. The quantitative estimate of drug-likeness (QED) is 0.628. The number of aromatic amines is 1. The third-order valence-electron chi connectivity index (χ3n) is 4.51. The van der Waals surface area contributed by atoms with Gasteiger partial charge in [-0.2, -0.15) is 0 Å². The number of hydrogen-bond donors (Lipinski definition) is 2. The van der Waals surface area contributed by atoms with Gasteiger partial charge in [-0.15, -0.1) is 0 Å². The molecule has 7 nitrogen and oxygen atoms in total. The van der Waals surface area contributed by atoms with Gasteiger partial charge in [-0.3, -0.25) is 4.67 Å². The molecule has 0 bridgehead atoms. The molecule has 4 heterocycles. The van der Waals surface area contributed by atoms with Crippen molar-refractivity contribution < 1.29 is 14.6 Å². The molecule has 0 radical (unpaired) electrons. The van der Waals surface area contributed by atoms with Crippen molar-refractivity contribution >= 4 is 32.0 Å². The molecule has 2 aromatic heterocycles. The smallest absolute Gasteiger partial charge is 0.163 e. The first-order chi connectivity index (χ1) is 10.9. The predicted molar refractivity (Wildman–Crippen MR) is 87.9 cm³/mol. The van der Waals surface area contributed by atoms with Crippen LogP contribution in [0.1, 0.15) is 25.5 Å². The van der Waals surface area contributed by atoms with Crippen LogP contribution in [0.2, 0.25) is 5.15 Å². The van der Waals surface area contributed by atoms with E-state index in [1.54, 1.807) is 0 Å². The minimum Gasteiger partial charge on any atom is -0.395 e. The van der Waals surface area contributed by atoms with Crippen LogP contribution in [0, 0.1) is 0 Å². The molecule has 0 amide bonds. The zero-order valence-corrected chi connectivity index (χ0v) is 14.6. The highest BCUT2D eigenvalue weighted by atomic mass is 35.5. The van der Waals surface area contributed by atoms with E-state index < -0.39 is 5.79 Å². The molecule has 0 aliphatic carbocycles. The summed E-state index contributed by atoms with van der Waals surface area (Å²) in [6, 6.07) is -0.289. The lowest BCUT2D eigenvalue weighted by atomic mass is 10.0. The summed E-state index contributed by atoms with van der Waals surface area (Å²) in [7, 11) is 2.68. The molecule has 2 aliphatic rings. The van der Waals surface area contributed by atoms with Crippen molar-refractivity contribution in [2.24, 2.45) is 0 Å². The van der Waals surface area contributed by atoms with Gasteiger partial charge >= 0.3 is 0 Å². The number of aromatic nitrogens is 3. The Morgan fingerprint density at radius 3 is 2.87 bits per heavy atom. The summed E-state index contributed by atoms with van der Waals surface area (Å²) >= 11 is 6.13. The Morgan fingerprint density at radius 2 is 2.13 bits per heavy atom. The summed E-state index contributed by atoms with van der Waals surface area (Å²) in [5.41, 5.74) is 2.41. The van der Waals surface area contributed by atoms with Gasteiger partial charge in [-0.25, -0.2) is 9.97 Å². The van der Waals surface area contributed by atoms with Crippen molar-refractivity contribution in [3.05, 3.63) is 23.2 Å². The first-order valence-corrected chi connectivity index (χ1v) is 8.29. The van der Waals surface area contributed by atoms with E-state index in [1.807, 2.05) is 24.7 Å². The molecule has 2 aromatic rings. The fourth-order valence-corrected chi connectivity index (χ4v) is 4.38. The standard InChI is InChI=1S/C14H18ClN4O3P/c1-14(2)21-11-7(4-20)19(23)10(12(11)22-14)6-3-16-9-8(6)17-5-18-13(9)15/h3,5,7,10-12,16,20H,4,23H2,1-2H3/t7-,10+,11-,12?/m1/s1. The van der Waals surface area contributed by atoms with Crippen molar-refractivity contribution in [2.75, 3.05) is 6.61 Å². The molecule has 23 heavy (non-hydrogen) atoms. The van der Waals surface area contributed by atoms with Gasteiger partial charge in [0, 0.05) is 11.8 Å². The van der Waals surface area contributed by atoms with Crippen LogP contribution in [0.4, 0.5) is 0 Å². The monoisotopic (exact) mass is 356 g/mol. The first-order valence-electron chi connectivity index (χ1n) is 7.40. The summed E-state index contributed by atoms with van der Waals surface area (Å²) in [6.45, 7) is 3.76. The zero-order valence-electron chi connectivity index (χ0n) is 12.7. The van der Waals surface area contributed by atoms with Crippen LogP contribution < -0.4 is 0 Å². The predicted octanol–water partition coefficient (Wildman–Crippen LogP) is 1.64. The zero-order chi connectivity index (χ0) is 16.4. The van der Waals surface area contributed by atoms with E-state index in [-0.39, 0.29) is 30.9 Å². The fraction of sp³-hybridized carbons (Fsp3) is 0.571. The van der Waals surface area contributed by atoms with Crippen LogP contribution in [0.15, 0.2) is 12.5 Å². The van der Waals surface area contributed by atoms with E-state index in [1.165, 1.54) is 6.33 Å². The highest BCUT2D eigenvalue weighted by Gasteiger charge is 2.57. The maximum Gasteiger partial charge on any atom is 0.163 e. The summed E-state index contributed by atoms with van der Waals surface area (Å²) in [5.74, 6) is -0.675. The van der Waals surface area contributed by atoms with Crippen LogP contribution in [-0.4, -0.2) is 55.4 Å². The van der Waals surface area contributed by atoms with Gasteiger partial charge in [0.15, 0.2) is 10.9 Å². The van der Waals surface area contributed by atoms with Gasteiger partial charge in [0.05, 0.1) is 24.2 Å². The molecule has 2 unspecified atom stereocenters. The summed E-state index contributed by atoms with van der Waals surface area (Å²) in [5, 5.41) is 10.2. The second-order valence-electron chi connectivity index (χ2n) is 6.34. The van der Waals surface area contributed by atoms with Crippen LogP contribution in [-0.2, 0) is 9.47 Å². The molecule has 9 heteroatoms. The Kier molecular flexibility index (Phi) is 3.65. The van der Waals surface area contributed by atoms with Crippen LogP contribution in [0.5, 0.6) is 0 Å². The third kappa shape index (κ3) is 2.30. The van der Waals surface area contributed by atoms with Gasteiger partial charge in [0.2, 0.25) is 0 Å². The minimum absolute atomic E-state index is 0.0152. The Morgan fingerprint density at radius 1 is 1.39 bits per heavy atom. The fourth-order valence-electron chi connectivity index (χ4n) is 3.59. The number of nitrogens with zero attached hydrogens (tertiary/aromatic N) is 3. The maximum absolute atomic E-state index is 9.78. The number of ether oxygens (including phenoxy) is 2. The number of rotatable bonds is 2. The van der Waals surface area contributed by atoms with E-state index >= 15 is 0 Å². The van der Waals surface area contributed by atoms with Gasteiger partial charge in [0.1, 0.15) is 24.1 Å². The Hall–Kier alpha value is -0.820. The Bertz CT molecular complexity index is 755. The molecule has 2 fully saturated rings. The van der Waals surface area contributed by atoms with E-state index in [2.05, 4.69) is 24.3 Å². The lowest BCUT2D eigenvalue weighted by molar-refractivity contribution is -0.163. The average Bonchev–Trinajstić information content (AvgIpc) is 3.09. The van der Waals surface area contributed by atoms with Gasteiger partial charge in [0.25, 0.3) is 0 Å². The lowest BCUT2D eigenvalue weighted by Gasteiger charge is -2.29. The van der Waals surface area contributed by atoms with Crippen molar-refractivity contribution in [3.8, 4) is 0 Å². The van der Waals surface area contributed by atoms with Crippen molar-refractivity contribution in [1.29, 1.82) is 0 Å². The number of fused-ring (bicyclic) bond motifs is 2. The summed E-state index contributed by atoms with van der Waals surface area (Å²) in [4.78, 5) is 11.5. The van der Waals surface area contributed by atoms with Gasteiger partial charge in [-0.05, 0) is 13.8 Å². The molecule has 0 aromatic carbocycles. The number of H-pyrrole nitrogens is 1. The Labute approximate surface area is 140 Å².